The Hall–Kier alpha value is -1.98. The van der Waals surface area contributed by atoms with E-state index in [1.807, 2.05) is 13.1 Å². The molecule has 0 atom stereocenters. The molecule has 0 radical (unpaired) electrons. The Morgan fingerprint density at radius 2 is 2.31 bits per heavy atom. The van der Waals surface area contributed by atoms with Crippen molar-refractivity contribution in [1.29, 1.82) is 0 Å². The minimum atomic E-state index is -0.837. The first-order valence-corrected chi connectivity index (χ1v) is 5.11. The Morgan fingerprint density at radius 1 is 1.50 bits per heavy atom. The predicted octanol–water partition coefficient (Wildman–Crippen LogP) is 0.704. The lowest BCUT2D eigenvalue weighted by Crippen LogP contribution is -2.02. The monoisotopic (exact) mass is 220 g/mol. The van der Waals surface area contributed by atoms with E-state index in [4.69, 9.17) is 5.11 Å². The lowest BCUT2D eigenvalue weighted by molar-refractivity contribution is -0.137. The van der Waals surface area contributed by atoms with E-state index in [0.29, 0.717) is 18.0 Å². The van der Waals surface area contributed by atoms with Gasteiger partial charge in [0.25, 0.3) is 5.78 Å². The van der Waals surface area contributed by atoms with Crippen LogP contribution in [0.4, 0.5) is 0 Å². The minimum absolute atomic E-state index is 0.0527. The number of nitrogens with zero attached hydrogens (tertiary/aromatic N) is 4. The fraction of sp³-hybridized carbons (Fsp3) is 0.400. The van der Waals surface area contributed by atoms with Crippen molar-refractivity contribution in [2.24, 2.45) is 0 Å². The van der Waals surface area contributed by atoms with E-state index in [9.17, 15) is 4.79 Å². The van der Waals surface area contributed by atoms with Gasteiger partial charge in [-0.3, -0.25) is 9.20 Å². The normalized spacial score (nSPS) is 10.8. The molecule has 0 amide bonds. The van der Waals surface area contributed by atoms with Crippen molar-refractivity contribution in [1.82, 2.24) is 19.6 Å². The van der Waals surface area contributed by atoms with Crippen LogP contribution in [0.1, 0.15) is 24.7 Å². The van der Waals surface area contributed by atoms with Crippen molar-refractivity contribution in [3.05, 3.63) is 23.8 Å². The first kappa shape index (κ1) is 10.5. The summed E-state index contributed by atoms with van der Waals surface area (Å²) in [5, 5.41) is 16.4. The molecular formula is C10H12N4O2. The molecule has 0 aliphatic rings. The summed E-state index contributed by atoms with van der Waals surface area (Å²) in [6.07, 6.45) is 4.95. The zero-order valence-corrected chi connectivity index (χ0v) is 8.92. The van der Waals surface area contributed by atoms with Crippen LogP contribution < -0.4 is 0 Å². The molecule has 0 bridgehead atoms. The van der Waals surface area contributed by atoms with Gasteiger partial charge in [-0.1, -0.05) is 6.92 Å². The van der Waals surface area contributed by atoms with Gasteiger partial charge in [-0.25, -0.2) is 4.98 Å². The number of carboxylic acids is 1. The van der Waals surface area contributed by atoms with Crippen molar-refractivity contribution < 1.29 is 9.90 Å². The summed E-state index contributed by atoms with van der Waals surface area (Å²) >= 11 is 0. The Kier molecular flexibility index (Phi) is 2.80. The maximum Gasteiger partial charge on any atom is 0.303 e. The van der Waals surface area contributed by atoms with Crippen LogP contribution in [0.15, 0.2) is 12.4 Å². The molecule has 0 saturated carbocycles. The lowest BCUT2D eigenvalue weighted by Gasteiger charge is -1.99. The molecule has 0 fully saturated rings. The number of carboxylic acid groups (broad SMARTS) is 1. The van der Waals surface area contributed by atoms with E-state index >= 15 is 0 Å². The van der Waals surface area contributed by atoms with Gasteiger partial charge in [0.2, 0.25) is 0 Å². The molecule has 16 heavy (non-hydrogen) atoms. The van der Waals surface area contributed by atoms with Gasteiger partial charge < -0.3 is 5.11 Å². The Labute approximate surface area is 92.0 Å². The summed E-state index contributed by atoms with van der Waals surface area (Å²) in [5.41, 5.74) is 1.07. The second-order valence-corrected chi connectivity index (χ2v) is 3.50. The fourth-order valence-corrected chi connectivity index (χ4v) is 1.45. The highest BCUT2D eigenvalue weighted by molar-refractivity contribution is 5.66. The highest BCUT2D eigenvalue weighted by atomic mass is 16.4. The van der Waals surface area contributed by atoms with Gasteiger partial charge in [-0.15, -0.1) is 10.2 Å². The predicted molar refractivity (Wildman–Crippen MR) is 56.1 cm³/mol. The highest BCUT2D eigenvalue weighted by Crippen LogP contribution is 2.06. The lowest BCUT2D eigenvalue weighted by atomic mass is 10.2. The van der Waals surface area contributed by atoms with Gasteiger partial charge >= 0.3 is 5.97 Å². The Balaban J connectivity index is 2.34. The molecule has 0 aromatic carbocycles. The third kappa shape index (κ3) is 2.00. The Morgan fingerprint density at radius 3 is 3.00 bits per heavy atom. The molecule has 0 aliphatic carbocycles. The number of fused-ring (bicyclic) bond motifs is 1. The van der Waals surface area contributed by atoms with Crippen LogP contribution in [0.2, 0.25) is 0 Å². The van der Waals surface area contributed by atoms with Crippen molar-refractivity contribution in [3.8, 4) is 0 Å². The SMILES string of the molecule is CCc1cnc2nnc(CCC(=O)O)n2c1. The summed E-state index contributed by atoms with van der Waals surface area (Å²) in [6, 6.07) is 0. The molecule has 1 N–H and O–H groups in total. The number of hydrogen-bond donors (Lipinski definition) is 1. The summed E-state index contributed by atoms with van der Waals surface area (Å²) < 4.78 is 1.75. The van der Waals surface area contributed by atoms with Crippen molar-refractivity contribution in [3.63, 3.8) is 0 Å². The first-order valence-electron chi connectivity index (χ1n) is 5.11. The molecule has 6 heteroatoms. The van der Waals surface area contributed by atoms with E-state index in [1.54, 1.807) is 10.6 Å². The van der Waals surface area contributed by atoms with Crippen LogP contribution in [-0.2, 0) is 17.6 Å². The average molecular weight is 220 g/mol. The van der Waals surface area contributed by atoms with Gasteiger partial charge in [-0.05, 0) is 12.0 Å². The van der Waals surface area contributed by atoms with Crippen LogP contribution >= 0.6 is 0 Å². The quantitative estimate of drug-likeness (QED) is 0.820. The Bertz CT molecular complexity index is 521. The number of aromatic nitrogens is 4. The van der Waals surface area contributed by atoms with Crippen molar-refractivity contribution >= 4 is 11.7 Å². The van der Waals surface area contributed by atoms with Crippen molar-refractivity contribution in [2.45, 2.75) is 26.2 Å². The number of rotatable bonds is 4. The summed E-state index contributed by atoms with van der Waals surface area (Å²) in [7, 11) is 0. The number of hydrogen-bond acceptors (Lipinski definition) is 4. The van der Waals surface area contributed by atoms with E-state index in [2.05, 4.69) is 15.2 Å². The van der Waals surface area contributed by atoms with Crippen molar-refractivity contribution in [2.75, 3.05) is 0 Å². The molecule has 2 aromatic heterocycles. The highest BCUT2D eigenvalue weighted by Gasteiger charge is 2.08. The number of aliphatic carboxylic acids is 1. The van der Waals surface area contributed by atoms with Gasteiger partial charge in [0.05, 0.1) is 6.42 Å². The summed E-state index contributed by atoms with van der Waals surface area (Å²) in [6.45, 7) is 2.03. The molecule has 2 aromatic rings. The summed E-state index contributed by atoms with van der Waals surface area (Å²) in [5.74, 6) is 0.314. The second-order valence-electron chi connectivity index (χ2n) is 3.50. The van der Waals surface area contributed by atoms with Crippen LogP contribution in [0.3, 0.4) is 0 Å². The number of aryl methyl sites for hydroxylation is 2. The second kappa shape index (κ2) is 4.26. The van der Waals surface area contributed by atoms with Gasteiger partial charge in [0, 0.05) is 18.8 Å². The van der Waals surface area contributed by atoms with E-state index in [1.165, 1.54) is 0 Å². The topological polar surface area (TPSA) is 80.4 Å². The average Bonchev–Trinajstić information content (AvgIpc) is 2.68. The molecule has 2 heterocycles. The molecule has 0 aliphatic heterocycles. The van der Waals surface area contributed by atoms with Gasteiger partial charge in [0.1, 0.15) is 5.82 Å². The zero-order valence-electron chi connectivity index (χ0n) is 8.92. The molecule has 2 rings (SSSR count). The van der Waals surface area contributed by atoms with Crippen LogP contribution in [0.5, 0.6) is 0 Å². The largest absolute Gasteiger partial charge is 0.481 e. The third-order valence-corrected chi connectivity index (χ3v) is 2.36. The molecule has 84 valence electrons. The van der Waals surface area contributed by atoms with Crippen LogP contribution in [0.25, 0.3) is 5.78 Å². The molecule has 0 unspecified atom stereocenters. The molecule has 0 saturated heterocycles. The number of carbonyl (C=O) groups is 1. The standard InChI is InChI=1S/C10H12N4O2/c1-2-7-5-11-10-13-12-8(14(10)6-7)3-4-9(15)16/h5-6H,2-4H2,1H3,(H,15,16). The van der Waals surface area contributed by atoms with Gasteiger partial charge in [-0.2, -0.15) is 0 Å². The molecule has 0 spiro atoms. The van der Waals surface area contributed by atoms with Gasteiger partial charge in [0.15, 0.2) is 0 Å². The third-order valence-electron chi connectivity index (χ3n) is 2.36. The van der Waals surface area contributed by atoms with E-state index in [0.717, 1.165) is 12.0 Å². The zero-order chi connectivity index (χ0) is 11.5. The fourth-order valence-electron chi connectivity index (χ4n) is 1.45. The van der Waals surface area contributed by atoms with E-state index in [-0.39, 0.29) is 6.42 Å². The summed E-state index contributed by atoms with van der Waals surface area (Å²) in [4.78, 5) is 14.6. The van der Waals surface area contributed by atoms with Crippen LogP contribution in [-0.4, -0.2) is 30.7 Å². The van der Waals surface area contributed by atoms with Crippen LogP contribution in [0, 0.1) is 0 Å². The molecule has 6 nitrogen and oxygen atoms in total. The van der Waals surface area contributed by atoms with E-state index < -0.39 is 5.97 Å². The first-order chi connectivity index (χ1) is 7.70. The minimum Gasteiger partial charge on any atom is -0.481 e. The maximum atomic E-state index is 10.5. The molecular weight excluding hydrogens is 208 g/mol. The maximum absolute atomic E-state index is 10.5. The smallest absolute Gasteiger partial charge is 0.303 e.